The number of allylic oxidation sites excluding steroid dienone is 1. The van der Waals surface area contributed by atoms with E-state index in [4.69, 9.17) is 4.74 Å². The van der Waals surface area contributed by atoms with Crippen LogP contribution >= 0.6 is 11.3 Å². The van der Waals surface area contributed by atoms with Crippen molar-refractivity contribution in [1.29, 1.82) is 0 Å². The van der Waals surface area contributed by atoms with E-state index < -0.39 is 10.0 Å². The molecule has 3 aromatic rings. The van der Waals surface area contributed by atoms with Gasteiger partial charge in [-0.05, 0) is 55.3 Å². The van der Waals surface area contributed by atoms with Crippen LogP contribution in [0.1, 0.15) is 12.8 Å². The molecule has 33 heavy (non-hydrogen) atoms. The molecule has 4 rings (SSSR count). The standard InChI is InChI=1S/C23H24FN3O4S2/c1-3-12-27-20-9-4-17(24)15-21(20)32-23(27)25-22(28)16-10-13-26(14-11-16)33(29,30)19-7-5-18(31-2)6-8-19/h3-9,15-16H,1,10-14H2,2H3. The zero-order valence-corrected chi connectivity index (χ0v) is 19.7. The summed E-state index contributed by atoms with van der Waals surface area (Å²) in [6.45, 7) is 4.67. The second-order valence-electron chi connectivity index (χ2n) is 7.70. The van der Waals surface area contributed by atoms with Crippen LogP contribution in [0.3, 0.4) is 0 Å². The maximum absolute atomic E-state index is 13.6. The number of hydrogen-bond acceptors (Lipinski definition) is 5. The molecule has 1 aromatic heterocycles. The lowest BCUT2D eigenvalue weighted by atomic mass is 9.98. The van der Waals surface area contributed by atoms with Crippen LogP contribution in [0, 0.1) is 11.7 Å². The van der Waals surface area contributed by atoms with E-state index in [-0.39, 0.29) is 35.6 Å². The second kappa shape index (κ2) is 9.58. The molecule has 1 aliphatic rings. The number of sulfonamides is 1. The van der Waals surface area contributed by atoms with E-state index in [1.807, 2.05) is 4.57 Å². The predicted molar refractivity (Wildman–Crippen MR) is 125 cm³/mol. The van der Waals surface area contributed by atoms with Crippen molar-refractivity contribution < 1.29 is 22.3 Å². The first-order chi connectivity index (χ1) is 15.8. The molecule has 1 fully saturated rings. The Morgan fingerprint density at radius 2 is 1.94 bits per heavy atom. The Labute approximate surface area is 195 Å². The number of fused-ring (bicyclic) bond motifs is 1. The number of aromatic nitrogens is 1. The molecule has 7 nitrogen and oxygen atoms in total. The van der Waals surface area contributed by atoms with Crippen LogP contribution in [0.2, 0.25) is 0 Å². The van der Waals surface area contributed by atoms with Crippen LogP contribution in [0.25, 0.3) is 10.2 Å². The van der Waals surface area contributed by atoms with Gasteiger partial charge in [-0.1, -0.05) is 17.4 Å². The number of nitrogens with zero attached hydrogens (tertiary/aromatic N) is 3. The van der Waals surface area contributed by atoms with Gasteiger partial charge >= 0.3 is 0 Å². The summed E-state index contributed by atoms with van der Waals surface area (Å²) in [5.41, 5.74) is 0.785. The molecule has 0 spiro atoms. The third-order valence-electron chi connectivity index (χ3n) is 5.66. The zero-order chi connectivity index (χ0) is 23.6. The minimum Gasteiger partial charge on any atom is -0.497 e. The molecule has 0 bridgehead atoms. The van der Waals surface area contributed by atoms with Crippen molar-refractivity contribution in [2.75, 3.05) is 20.2 Å². The maximum atomic E-state index is 13.6. The van der Waals surface area contributed by atoms with Crippen molar-refractivity contribution in [2.24, 2.45) is 10.9 Å². The first-order valence-electron chi connectivity index (χ1n) is 10.5. The molecule has 1 amide bonds. The molecule has 10 heteroatoms. The Balaban J connectivity index is 1.51. The van der Waals surface area contributed by atoms with Crippen LogP contribution in [-0.4, -0.2) is 43.4 Å². The molecule has 174 valence electrons. The number of amides is 1. The summed E-state index contributed by atoms with van der Waals surface area (Å²) < 4.78 is 48.5. The predicted octanol–water partition coefficient (Wildman–Crippen LogP) is 3.56. The molecule has 0 saturated carbocycles. The molecule has 0 aliphatic carbocycles. The second-order valence-corrected chi connectivity index (χ2v) is 10.6. The molecule has 2 heterocycles. The summed E-state index contributed by atoms with van der Waals surface area (Å²) in [7, 11) is -2.12. The summed E-state index contributed by atoms with van der Waals surface area (Å²) in [5, 5.41) is 0. The Hall–Kier alpha value is -2.82. The van der Waals surface area contributed by atoms with E-state index in [0.29, 0.717) is 34.6 Å². The van der Waals surface area contributed by atoms with Gasteiger partial charge in [0.25, 0.3) is 5.91 Å². The fourth-order valence-corrected chi connectivity index (χ4v) is 6.40. The van der Waals surface area contributed by atoms with Gasteiger partial charge in [-0.3, -0.25) is 4.79 Å². The molecule has 1 aliphatic heterocycles. The van der Waals surface area contributed by atoms with Gasteiger partial charge in [0.2, 0.25) is 10.0 Å². The fraction of sp³-hybridized carbons (Fsp3) is 0.304. The number of benzene rings is 2. The van der Waals surface area contributed by atoms with Gasteiger partial charge in [0.1, 0.15) is 11.6 Å². The largest absolute Gasteiger partial charge is 0.497 e. The van der Waals surface area contributed by atoms with Crippen LogP contribution < -0.4 is 9.54 Å². The molecule has 0 unspecified atom stereocenters. The number of rotatable bonds is 6. The first-order valence-corrected chi connectivity index (χ1v) is 12.7. The molecule has 1 saturated heterocycles. The summed E-state index contributed by atoms with van der Waals surface area (Å²) in [6.07, 6.45) is 2.47. The minimum absolute atomic E-state index is 0.195. The first kappa shape index (κ1) is 23.3. The maximum Gasteiger partial charge on any atom is 0.251 e. The van der Waals surface area contributed by atoms with Crippen LogP contribution in [0.5, 0.6) is 5.75 Å². The lowest BCUT2D eigenvalue weighted by Gasteiger charge is -2.29. The van der Waals surface area contributed by atoms with Crippen molar-refractivity contribution in [3.63, 3.8) is 0 Å². The minimum atomic E-state index is -3.64. The Kier molecular flexibility index (Phi) is 6.78. The number of hydrogen-bond donors (Lipinski definition) is 0. The van der Waals surface area contributed by atoms with Crippen LogP contribution in [-0.2, 0) is 21.4 Å². The van der Waals surface area contributed by atoms with E-state index in [9.17, 15) is 17.6 Å². The number of carbonyl (C=O) groups excluding carboxylic acids is 1. The van der Waals surface area contributed by atoms with Crippen molar-refractivity contribution >= 4 is 37.5 Å². The van der Waals surface area contributed by atoms with E-state index in [1.165, 1.54) is 47.0 Å². The Morgan fingerprint density at radius 3 is 2.58 bits per heavy atom. The highest BCUT2D eigenvalue weighted by atomic mass is 32.2. The van der Waals surface area contributed by atoms with Gasteiger partial charge in [0, 0.05) is 25.6 Å². The highest BCUT2D eigenvalue weighted by molar-refractivity contribution is 7.89. The number of piperidine rings is 1. The lowest BCUT2D eigenvalue weighted by molar-refractivity contribution is -0.122. The van der Waals surface area contributed by atoms with Gasteiger partial charge in [-0.2, -0.15) is 9.30 Å². The summed E-state index contributed by atoms with van der Waals surface area (Å²) >= 11 is 1.25. The number of carbonyl (C=O) groups is 1. The third kappa shape index (κ3) is 4.78. The molecule has 2 aromatic carbocycles. The van der Waals surface area contributed by atoms with Crippen molar-refractivity contribution in [2.45, 2.75) is 24.3 Å². The Bertz CT molecular complexity index is 1350. The Morgan fingerprint density at radius 1 is 1.24 bits per heavy atom. The molecular weight excluding hydrogens is 465 g/mol. The molecule has 0 atom stereocenters. The van der Waals surface area contributed by atoms with E-state index >= 15 is 0 Å². The van der Waals surface area contributed by atoms with Crippen LogP contribution in [0.4, 0.5) is 4.39 Å². The van der Waals surface area contributed by atoms with Crippen molar-refractivity contribution in [3.05, 3.63) is 65.7 Å². The quantitative estimate of drug-likeness (QED) is 0.496. The smallest absolute Gasteiger partial charge is 0.251 e. The lowest BCUT2D eigenvalue weighted by Crippen LogP contribution is -2.40. The fourth-order valence-electron chi connectivity index (χ4n) is 3.86. The number of ether oxygens (including phenoxy) is 1. The van der Waals surface area contributed by atoms with E-state index in [1.54, 1.807) is 24.3 Å². The number of halogens is 1. The van der Waals surface area contributed by atoms with Crippen LogP contribution in [0.15, 0.2) is 65.0 Å². The normalized spacial score (nSPS) is 16.2. The highest BCUT2D eigenvalue weighted by Gasteiger charge is 2.32. The summed E-state index contributed by atoms with van der Waals surface area (Å²) in [4.78, 5) is 17.9. The molecule has 0 N–H and O–H groups in total. The van der Waals surface area contributed by atoms with Gasteiger partial charge in [-0.25, -0.2) is 12.8 Å². The van der Waals surface area contributed by atoms with Gasteiger partial charge in [0.05, 0.1) is 22.2 Å². The zero-order valence-electron chi connectivity index (χ0n) is 18.1. The molecule has 0 radical (unpaired) electrons. The SMILES string of the molecule is C=CCn1c(=NC(=O)C2CCN(S(=O)(=O)c3ccc(OC)cc3)CC2)sc2cc(F)ccc21. The van der Waals surface area contributed by atoms with Gasteiger partial charge in [-0.15, -0.1) is 6.58 Å². The topological polar surface area (TPSA) is 81.0 Å². The highest BCUT2D eigenvalue weighted by Crippen LogP contribution is 2.26. The third-order valence-corrected chi connectivity index (χ3v) is 8.62. The summed E-state index contributed by atoms with van der Waals surface area (Å²) in [6, 6.07) is 10.7. The monoisotopic (exact) mass is 489 g/mol. The van der Waals surface area contributed by atoms with E-state index in [0.717, 1.165) is 5.52 Å². The average molecular weight is 490 g/mol. The van der Waals surface area contributed by atoms with Crippen molar-refractivity contribution in [1.82, 2.24) is 8.87 Å². The summed E-state index contributed by atoms with van der Waals surface area (Å²) in [5.74, 6) is -0.428. The van der Waals surface area contributed by atoms with E-state index in [2.05, 4.69) is 11.6 Å². The molecular formula is C23H24FN3O4S2. The average Bonchev–Trinajstić information content (AvgIpc) is 3.15. The number of methoxy groups -OCH3 is 1. The van der Waals surface area contributed by atoms with Gasteiger partial charge in [0.15, 0.2) is 4.80 Å². The van der Waals surface area contributed by atoms with Gasteiger partial charge < -0.3 is 9.30 Å². The number of thiazole rings is 1. The van der Waals surface area contributed by atoms with Crippen molar-refractivity contribution in [3.8, 4) is 5.75 Å².